The number of pyridine rings is 1. The highest BCUT2D eigenvalue weighted by atomic mass is 16.4. The fraction of sp³-hybridized carbons (Fsp3) is 0.294. The van der Waals surface area contributed by atoms with Gasteiger partial charge in [-0.25, -0.2) is 9.78 Å². The first-order chi connectivity index (χ1) is 10.1. The largest absolute Gasteiger partial charge is 0.478 e. The maximum atomic E-state index is 11.4. The molecular weight excluding hydrogens is 264 g/mol. The van der Waals surface area contributed by atoms with E-state index in [0.717, 1.165) is 24.8 Å². The van der Waals surface area contributed by atoms with Crippen molar-refractivity contribution in [1.82, 2.24) is 4.98 Å². The third kappa shape index (κ3) is 2.75. The van der Waals surface area contributed by atoms with Crippen molar-refractivity contribution in [1.29, 1.82) is 0 Å². The average molecular weight is 282 g/mol. The first-order valence-electron chi connectivity index (χ1n) is 7.17. The average Bonchev–Trinajstić information content (AvgIpc) is 2.47. The first kappa shape index (κ1) is 13.6. The lowest BCUT2D eigenvalue weighted by atomic mass is 9.88. The van der Waals surface area contributed by atoms with E-state index in [-0.39, 0.29) is 11.6 Å². The molecule has 3 rings (SSSR count). The summed E-state index contributed by atoms with van der Waals surface area (Å²) in [5, 5.41) is 12.7. The van der Waals surface area contributed by atoms with Crippen LogP contribution in [0.15, 0.2) is 36.5 Å². The zero-order chi connectivity index (χ0) is 14.8. The van der Waals surface area contributed by atoms with E-state index < -0.39 is 5.97 Å². The Balaban J connectivity index is 1.83. The van der Waals surface area contributed by atoms with E-state index >= 15 is 0 Å². The summed E-state index contributed by atoms with van der Waals surface area (Å²) in [5.74, 6) is -0.453. The number of benzene rings is 1. The fourth-order valence-electron chi connectivity index (χ4n) is 2.95. The Morgan fingerprint density at radius 3 is 2.81 bits per heavy atom. The highest BCUT2D eigenvalue weighted by Gasteiger charge is 2.21. The minimum absolute atomic E-state index is 0.229. The number of aromatic nitrogens is 1. The molecule has 0 amide bonds. The number of aryl methyl sites for hydroxylation is 2. The van der Waals surface area contributed by atoms with Crippen molar-refractivity contribution < 1.29 is 9.90 Å². The summed E-state index contributed by atoms with van der Waals surface area (Å²) in [6.45, 7) is 1.80. The Labute approximate surface area is 123 Å². The van der Waals surface area contributed by atoms with Crippen LogP contribution in [-0.4, -0.2) is 22.1 Å². The van der Waals surface area contributed by atoms with Crippen LogP contribution in [0.3, 0.4) is 0 Å². The lowest BCUT2D eigenvalue weighted by Crippen LogP contribution is -2.28. The number of carbonyl (C=O) groups is 1. The van der Waals surface area contributed by atoms with Crippen LogP contribution < -0.4 is 5.32 Å². The minimum atomic E-state index is -0.931. The van der Waals surface area contributed by atoms with Gasteiger partial charge in [0.2, 0.25) is 0 Å². The number of aromatic carboxylic acids is 1. The Morgan fingerprint density at radius 1 is 1.29 bits per heavy atom. The molecule has 0 bridgehead atoms. The summed E-state index contributed by atoms with van der Waals surface area (Å²) in [6, 6.07) is 10.4. The molecule has 0 spiro atoms. The van der Waals surface area contributed by atoms with Gasteiger partial charge in [-0.1, -0.05) is 24.3 Å². The molecule has 0 saturated heterocycles. The smallest absolute Gasteiger partial charge is 0.339 e. The van der Waals surface area contributed by atoms with Crippen LogP contribution in [0.4, 0.5) is 5.82 Å². The SMILES string of the molecule is Cc1ccnc(NC2CCc3ccccc3C2)c1C(=O)O. The van der Waals surface area contributed by atoms with Crippen LogP contribution in [0.1, 0.15) is 33.5 Å². The van der Waals surface area contributed by atoms with Gasteiger partial charge < -0.3 is 10.4 Å². The molecule has 1 aliphatic rings. The number of fused-ring (bicyclic) bond motifs is 1. The molecule has 1 aromatic carbocycles. The summed E-state index contributed by atoms with van der Waals surface area (Å²) in [4.78, 5) is 15.6. The topological polar surface area (TPSA) is 62.2 Å². The van der Waals surface area contributed by atoms with Gasteiger partial charge in [-0.05, 0) is 48.9 Å². The van der Waals surface area contributed by atoms with Crippen LogP contribution in [0.2, 0.25) is 0 Å². The van der Waals surface area contributed by atoms with Crippen LogP contribution in [0, 0.1) is 6.92 Å². The number of nitrogens with zero attached hydrogens (tertiary/aromatic N) is 1. The van der Waals surface area contributed by atoms with E-state index in [2.05, 4.69) is 34.6 Å². The molecule has 21 heavy (non-hydrogen) atoms. The normalized spacial score (nSPS) is 17.1. The van der Waals surface area contributed by atoms with Crippen molar-refractivity contribution in [3.05, 3.63) is 58.8 Å². The third-order valence-electron chi connectivity index (χ3n) is 4.06. The van der Waals surface area contributed by atoms with Gasteiger partial charge in [0.05, 0.1) is 0 Å². The minimum Gasteiger partial charge on any atom is -0.478 e. The Morgan fingerprint density at radius 2 is 2.05 bits per heavy atom. The molecule has 0 aliphatic heterocycles. The number of rotatable bonds is 3. The Kier molecular flexibility index (Phi) is 3.60. The standard InChI is InChI=1S/C17H18N2O2/c1-11-8-9-18-16(15(11)17(20)21)19-14-7-6-12-4-2-3-5-13(12)10-14/h2-5,8-9,14H,6-7,10H2,1H3,(H,18,19)(H,20,21). The number of hydrogen-bond donors (Lipinski definition) is 2. The van der Waals surface area contributed by atoms with Crippen molar-refractivity contribution >= 4 is 11.8 Å². The quantitative estimate of drug-likeness (QED) is 0.908. The van der Waals surface area contributed by atoms with Gasteiger partial charge in [-0.2, -0.15) is 0 Å². The molecule has 1 aromatic heterocycles. The molecule has 0 saturated carbocycles. The molecule has 108 valence electrons. The third-order valence-corrected chi connectivity index (χ3v) is 4.06. The number of nitrogens with one attached hydrogen (secondary N) is 1. The van der Waals surface area contributed by atoms with Gasteiger partial charge in [-0.3, -0.25) is 0 Å². The number of carboxylic acids is 1. The molecular formula is C17H18N2O2. The summed E-state index contributed by atoms with van der Waals surface area (Å²) in [7, 11) is 0. The van der Waals surface area contributed by atoms with E-state index in [1.807, 2.05) is 0 Å². The van der Waals surface area contributed by atoms with E-state index in [1.165, 1.54) is 11.1 Å². The number of carboxylic acid groups (broad SMARTS) is 1. The number of anilines is 1. The molecule has 4 nitrogen and oxygen atoms in total. The second-order valence-electron chi connectivity index (χ2n) is 5.51. The van der Waals surface area contributed by atoms with Gasteiger partial charge in [0.15, 0.2) is 0 Å². The fourth-order valence-corrected chi connectivity index (χ4v) is 2.95. The van der Waals surface area contributed by atoms with E-state index in [9.17, 15) is 9.90 Å². The van der Waals surface area contributed by atoms with Gasteiger partial charge in [0.25, 0.3) is 0 Å². The molecule has 1 atom stereocenters. The maximum Gasteiger partial charge on any atom is 0.339 e. The molecule has 2 aromatic rings. The molecule has 4 heteroatoms. The summed E-state index contributed by atoms with van der Waals surface area (Å²) >= 11 is 0. The lowest BCUT2D eigenvalue weighted by Gasteiger charge is -2.26. The molecule has 0 fully saturated rings. The zero-order valence-electron chi connectivity index (χ0n) is 12.0. The molecule has 1 heterocycles. The van der Waals surface area contributed by atoms with Crippen LogP contribution >= 0.6 is 0 Å². The number of hydrogen-bond acceptors (Lipinski definition) is 3. The molecule has 1 aliphatic carbocycles. The predicted octanol–water partition coefficient (Wildman–Crippen LogP) is 3.06. The van der Waals surface area contributed by atoms with Crippen molar-refractivity contribution in [2.75, 3.05) is 5.32 Å². The second kappa shape index (κ2) is 5.56. The highest BCUT2D eigenvalue weighted by Crippen LogP contribution is 2.25. The van der Waals surface area contributed by atoms with E-state index in [1.54, 1.807) is 19.2 Å². The van der Waals surface area contributed by atoms with Crippen molar-refractivity contribution in [2.24, 2.45) is 0 Å². The molecule has 1 unspecified atom stereocenters. The Bertz CT molecular complexity index is 682. The lowest BCUT2D eigenvalue weighted by molar-refractivity contribution is 0.0696. The van der Waals surface area contributed by atoms with E-state index in [0.29, 0.717) is 5.82 Å². The van der Waals surface area contributed by atoms with E-state index in [4.69, 9.17) is 0 Å². The highest BCUT2D eigenvalue weighted by molar-refractivity contribution is 5.94. The first-order valence-corrected chi connectivity index (χ1v) is 7.17. The monoisotopic (exact) mass is 282 g/mol. The van der Waals surface area contributed by atoms with Gasteiger partial charge in [0.1, 0.15) is 11.4 Å². The summed E-state index contributed by atoms with van der Waals surface area (Å²) < 4.78 is 0. The predicted molar refractivity (Wildman–Crippen MR) is 81.8 cm³/mol. The maximum absolute atomic E-state index is 11.4. The van der Waals surface area contributed by atoms with Crippen molar-refractivity contribution in [3.8, 4) is 0 Å². The molecule has 2 N–H and O–H groups in total. The van der Waals surface area contributed by atoms with Crippen LogP contribution in [0.5, 0.6) is 0 Å². The van der Waals surface area contributed by atoms with Crippen LogP contribution in [-0.2, 0) is 12.8 Å². The van der Waals surface area contributed by atoms with Crippen molar-refractivity contribution in [2.45, 2.75) is 32.2 Å². The zero-order valence-corrected chi connectivity index (χ0v) is 12.0. The second-order valence-corrected chi connectivity index (χ2v) is 5.51. The van der Waals surface area contributed by atoms with Gasteiger partial charge in [0, 0.05) is 12.2 Å². The summed E-state index contributed by atoms with van der Waals surface area (Å²) in [6.07, 6.45) is 4.57. The molecule has 0 radical (unpaired) electrons. The van der Waals surface area contributed by atoms with Gasteiger partial charge >= 0.3 is 5.97 Å². The van der Waals surface area contributed by atoms with Crippen molar-refractivity contribution in [3.63, 3.8) is 0 Å². The van der Waals surface area contributed by atoms with Crippen LogP contribution in [0.25, 0.3) is 0 Å². The Hall–Kier alpha value is -2.36. The van der Waals surface area contributed by atoms with Gasteiger partial charge in [-0.15, -0.1) is 0 Å². The summed E-state index contributed by atoms with van der Waals surface area (Å²) in [5.41, 5.74) is 3.74.